The lowest BCUT2D eigenvalue weighted by Gasteiger charge is -2.22. The number of carbonyl (C=O) groups excluding carboxylic acids is 2. The van der Waals surface area contributed by atoms with E-state index in [1.54, 1.807) is 21.9 Å². The normalized spacial score (nSPS) is 16.6. The van der Waals surface area contributed by atoms with Crippen molar-refractivity contribution in [1.29, 1.82) is 0 Å². The van der Waals surface area contributed by atoms with Crippen LogP contribution in [0.5, 0.6) is 0 Å². The number of benzene rings is 1. The summed E-state index contributed by atoms with van der Waals surface area (Å²) in [5, 5.41) is 10.5. The summed E-state index contributed by atoms with van der Waals surface area (Å²) in [4.78, 5) is 29.1. The largest absolute Gasteiger partial charge is 0.341 e. The summed E-state index contributed by atoms with van der Waals surface area (Å²) in [5.41, 5.74) is 3.14. The molecule has 1 saturated heterocycles. The van der Waals surface area contributed by atoms with Gasteiger partial charge < -0.3 is 15.1 Å². The van der Waals surface area contributed by atoms with Gasteiger partial charge in [0.25, 0.3) is 5.91 Å². The Labute approximate surface area is 175 Å². The highest BCUT2D eigenvalue weighted by molar-refractivity contribution is 5.94. The SMILES string of the molecule is Cl.O=C(Cc1cccc(F)c1)N1CCCN(C(=O)c2n[nH]c3c2CNCC3)CC1. The first-order valence-corrected chi connectivity index (χ1v) is 9.70. The highest BCUT2D eigenvalue weighted by atomic mass is 35.5. The Hall–Kier alpha value is -2.45. The number of aromatic nitrogens is 2. The number of H-pyrrole nitrogens is 1. The summed E-state index contributed by atoms with van der Waals surface area (Å²) < 4.78 is 13.3. The van der Waals surface area contributed by atoms with Crippen molar-refractivity contribution in [2.45, 2.75) is 25.8 Å². The van der Waals surface area contributed by atoms with E-state index in [1.807, 2.05) is 0 Å². The Morgan fingerprint density at radius 3 is 2.76 bits per heavy atom. The van der Waals surface area contributed by atoms with E-state index in [2.05, 4.69) is 15.5 Å². The molecule has 3 heterocycles. The van der Waals surface area contributed by atoms with Crippen molar-refractivity contribution >= 4 is 24.2 Å². The molecular weight excluding hydrogens is 397 g/mol. The Balaban J connectivity index is 0.00000240. The molecule has 0 atom stereocenters. The molecule has 0 saturated carbocycles. The Kier molecular flexibility index (Phi) is 6.87. The van der Waals surface area contributed by atoms with Gasteiger partial charge in [-0.3, -0.25) is 14.7 Å². The standard InChI is InChI=1S/C20H24FN5O2.ClH/c21-15-4-1-3-14(11-15)12-18(27)25-7-2-8-26(10-9-25)20(28)19-16-13-22-6-5-17(16)23-24-19;/h1,3-4,11,22H,2,5-10,12-13H2,(H,23,24);1H. The van der Waals surface area contributed by atoms with Gasteiger partial charge in [0.05, 0.1) is 6.42 Å². The Morgan fingerprint density at radius 2 is 1.93 bits per heavy atom. The van der Waals surface area contributed by atoms with E-state index < -0.39 is 0 Å². The summed E-state index contributed by atoms with van der Waals surface area (Å²) >= 11 is 0. The highest BCUT2D eigenvalue weighted by Crippen LogP contribution is 2.18. The molecule has 0 radical (unpaired) electrons. The Bertz CT molecular complexity index is 888. The minimum Gasteiger partial charge on any atom is -0.341 e. The van der Waals surface area contributed by atoms with Crippen molar-refractivity contribution in [2.75, 3.05) is 32.7 Å². The molecule has 0 bridgehead atoms. The molecule has 0 aliphatic carbocycles. The van der Waals surface area contributed by atoms with Gasteiger partial charge in [-0.05, 0) is 24.1 Å². The average Bonchev–Trinajstić information content (AvgIpc) is 2.96. The van der Waals surface area contributed by atoms with E-state index in [-0.39, 0.29) is 36.5 Å². The van der Waals surface area contributed by atoms with Gasteiger partial charge in [0.2, 0.25) is 5.91 Å². The second kappa shape index (κ2) is 9.37. The summed E-state index contributed by atoms with van der Waals surface area (Å²) in [6.45, 7) is 3.68. The van der Waals surface area contributed by atoms with Gasteiger partial charge in [0.15, 0.2) is 5.69 Å². The molecule has 1 aromatic heterocycles. The van der Waals surface area contributed by atoms with Crippen LogP contribution >= 0.6 is 12.4 Å². The molecule has 0 unspecified atom stereocenters. The number of fused-ring (bicyclic) bond motifs is 1. The van der Waals surface area contributed by atoms with Crippen molar-refractivity contribution in [1.82, 2.24) is 25.3 Å². The molecule has 2 aliphatic heterocycles. The zero-order valence-electron chi connectivity index (χ0n) is 16.1. The smallest absolute Gasteiger partial charge is 0.274 e. The van der Waals surface area contributed by atoms with Gasteiger partial charge in [-0.25, -0.2) is 4.39 Å². The second-order valence-corrected chi connectivity index (χ2v) is 7.29. The quantitative estimate of drug-likeness (QED) is 0.787. The fraction of sp³-hybridized carbons (Fsp3) is 0.450. The molecule has 1 fully saturated rings. The van der Waals surface area contributed by atoms with E-state index >= 15 is 0 Å². The number of carbonyl (C=O) groups is 2. The molecule has 2 aromatic rings. The molecule has 2 amide bonds. The number of nitrogens with zero attached hydrogens (tertiary/aromatic N) is 3. The van der Waals surface area contributed by atoms with Gasteiger partial charge in [-0.2, -0.15) is 5.10 Å². The zero-order chi connectivity index (χ0) is 19.5. The lowest BCUT2D eigenvalue weighted by Crippen LogP contribution is -2.38. The van der Waals surface area contributed by atoms with Crippen molar-refractivity contribution in [2.24, 2.45) is 0 Å². The van der Waals surface area contributed by atoms with Gasteiger partial charge in [-0.1, -0.05) is 12.1 Å². The number of nitrogens with one attached hydrogen (secondary N) is 2. The van der Waals surface area contributed by atoms with Crippen molar-refractivity contribution in [3.05, 3.63) is 52.6 Å². The minimum absolute atomic E-state index is 0. The topological polar surface area (TPSA) is 81.3 Å². The van der Waals surface area contributed by atoms with Crippen LogP contribution in [0.15, 0.2) is 24.3 Å². The van der Waals surface area contributed by atoms with Crippen LogP contribution in [0.25, 0.3) is 0 Å². The van der Waals surface area contributed by atoms with E-state index in [0.29, 0.717) is 50.4 Å². The highest BCUT2D eigenvalue weighted by Gasteiger charge is 2.28. The summed E-state index contributed by atoms with van der Waals surface area (Å²) in [6, 6.07) is 6.12. The van der Waals surface area contributed by atoms with E-state index in [1.165, 1.54) is 12.1 Å². The van der Waals surface area contributed by atoms with Crippen LogP contribution in [-0.4, -0.2) is 64.5 Å². The molecule has 29 heavy (non-hydrogen) atoms. The molecule has 2 N–H and O–H groups in total. The van der Waals surface area contributed by atoms with Gasteiger partial charge >= 0.3 is 0 Å². The lowest BCUT2D eigenvalue weighted by molar-refractivity contribution is -0.130. The maximum Gasteiger partial charge on any atom is 0.274 e. The van der Waals surface area contributed by atoms with Gasteiger partial charge in [0.1, 0.15) is 5.82 Å². The van der Waals surface area contributed by atoms with E-state index in [9.17, 15) is 14.0 Å². The van der Waals surface area contributed by atoms with Crippen LogP contribution in [0.1, 0.15) is 33.7 Å². The first-order valence-electron chi connectivity index (χ1n) is 9.70. The average molecular weight is 422 g/mol. The molecule has 0 spiro atoms. The monoisotopic (exact) mass is 421 g/mol. The molecule has 9 heteroatoms. The number of amides is 2. The zero-order valence-corrected chi connectivity index (χ0v) is 16.9. The summed E-state index contributed by atoms with van der Waals surface area (Å²) in [5.74, 6) is -0.461. The fourth-order valence-electron chi connectivity index (χ4n) is 3.86. The van der Waals surface area contributed by atoms with E-state index in [4.69, 9.17) is 0 Å². The molecule has 156 valence electrons. The summed E-state index contributed by atoms with van der Waals surface area (Å²) in [6.07, 6.45) is 1.73. The van der Waals surface area contributed by atoms with E-state index in [0.717, 1.165) is 24.2 Å². The third-order valence-electron chi connectivity index (χ3n) is 5.39. The predicted octanol–water partition coefficient (Wildman–Crippen LogP) is 1.53. The lowest BCUT2D eigenvalue weighted by atomic mass is 10.1. The van der Waals surface area contributed by atoms with Crippen LogP contribution in [0.2, 0.25) is 0 Å². The third kappa shape index (κ3) is 4.76. The number of hydrogen-bond donors (Lipinski definition) is 2. The predicted molar refractivity (Wildman–Crippen MR) is 108 cm³/mol. The maximum absolute atomic E-state index is 13.3. The molecule has 1 aromatic carbocycles. The number of aromatic amines is 1. The molecular formula is C20H25ClFN5O2. The maximum atomic E-state index is 13.3. The molecule has 2 aliphatic rings. The van der Waals surface area contributed by atoms with Crippen LogP contribution < -0.4 is 5.32 Å². The van der Waals surface area contributed by atoms with Gasteiger partial charge in [0, 0.05) is 56.9 Å². The number of halogens is 2. The van der Waals surface area contributed by atoms with Crippen LogP contribution in [-0.2, 0) is 24.2 Å². The van der Waals surface area contributed by atoms with Crippen molar-refractivity contribution in [3.63, 3.8) is 0 Å². The second-order valence-electron chi connectivity index (χ2n) is 7.29. The van der Waals surface area contributed by atoms with Crippen LogP contribution in [0.4, 0.5) is 4.39 Å². The third-order valence-corrected chi connectivity index (χ3v) is 5.39. The van der Waals surface area contributed by atoms with Crippen LogP contribution in [0.3, 0.4) is 0 Å². The fourth-order valence-corrected chi connectivity index (χ4v) is 3.86. The minimum atomic E-state index is -0.338. The first-order chi connectivity index (χ1) is 13.6. The van der Waals surface area contributed by atoms with Crippen molar-refractivity contribution in [3.8, 4) is 0 Å². The number of hydrogen-bond acceptors (Lipinski definition) is 4. The molecule has 4 rings (SSSR count). The first kappa shape index (κ1) is 21.3. The van der Waals surface area contributed by atoms with Gasteiger partial charge in [-0.15, -0.1) is 12.4 Å². The van der Waals surface area contributed by atoms with Crippen LogP contribution in [0, 0.1) is 5.82 Å². The summed E-state index contributed by atoms with van der Waals surface area (Å²) in [7, 11) is 0. The van der Waals surface area contributed by atoms with Crippen molar-refractivity contribution < 1.29 is 14.0 Å². The Morgan fingerprint density at radius 1 is 1.14 bits per heavy atom. The molecule has 7 nitrogen and oxygen atoms in total. The number of rotatable bonds is 3.